The smallest absolute Gasteiger partial charge is 0.242 e. The molecule has 1 amide bonds. The van der Waals surface area contributed by atoms with Gasteiger partial charge in [-0.15, -0.1) is 0 Å². The normalized spacial score (nSPS) is 16.0. The Morgan fingerprint density at radius 3 is 2.71 bits per heavy atom. The highest BCUT2D eigenvalue weighted by Crippen LogP contribution is 2.19. The molecule has 1 atom stereocenters. The number of allylic oxidation sites excluding steroid dienone is 1. The molecule has 0 saturated carbocycles. The average molecular weight is 290 g/mol. The van der Waals surface area contributed by atoms with Crippen LogP contribution in [0.15, 0.2) is 35.9 Å². The molecule has 1 aromatic rings. The number of amides is 1. The van der Waals surface area contributed by atoms with E-state index in [9.17, 15) is 9.18 Å². The second-order valence-electron chi connectivity index (χ2n) is 5.52. The van der Waals surface area contributed by atoms with Crippen LogP contribution in [0.3, 0.4) is 0 Å². The lowest BCUT2D eigenvalue weighted by Crippen LogP contribution is -2.38. The zero-order valence-electron chi connectivity index (χ0n) is 12.5. The Bertz CT molecular complexity index is 496. The molecule has 0 radical (unpaired) electrons. The Kier molecular flexibility index (Phi) is 5.78. The first kappa shape index (κ1) is 15.5. The predicted molar refractivity (Wildman–Crippen MR) is 83.7 cm³/mol. The van der Waals surface area contributed by atoms with Crippen molar-refractivity contribution in [2.75, 3.05) is 11.9 Å². The van der Waals surface area contributed by atoms with Crippen LogP contribution in [-0.2, 0) is 4.79 Å². The van der Waals surface area contributed by atoms with Crippen molar-refractivity contribution in [1.29, 1.82) is 0 Å². The lowest BCUT2D eigenvalue weighted by atomic mass is 9.97. The predicted octanol–water partition coefficient (Wildman–Crippen LogP) is 3.63. The molecule has 0 spiro atoms. The molecule has 0 saturated heterocycles. The minimum absolute atomic E-state index is 0.0317. The van der Waals surface area contributed by atoms with E-state index in [4.69, 9.17) is 0 Å². The fourth-order valence-electron chi connectivity index (χ4n) is 2.49. The number of carbonyl (C=O) groups excluding carboxylic acids is 1. The maximum absolute atomic E-state index is 12.8. The van der Waals surface area contributed by atoms with Gasteiger partial charge in [0.1, 0.15) is 11.9 Å². The van der Waals surface area contributed by atoms with Gasteiger partial charge >= 0.3 is 0 Å². The van der Waals surface area contributed by atoms with Crippen LogP contribution in [0.2, 0.25) is 0 Å². The fraction of sp³-hybridized carbons (Fsp3) is 0.471. The molecule has 0 bridgehead atoms. The highest BCUT2D eigenvalue weighted by atomic mass is 19.1. The van der Waals surface area contributed by atoms with Crippen molar-refractivity contribution in [1.82, 2.24) is 5.32 Å². The molecule has 0 heterocycles. The summed E-state index contributed by atoms with van der Waals surface area (Å²) in [6, 6.07) is 5.68. The summed E-state index contributed by atoms with van der Waals surface area (Å²) in [7, 11) is 0. The first-order valence-corrected chi connectivity index (χ1v) is 7.63. The number of benzene rings is 1. The summed E-state index contributed by atoms with van der Waals surface area (Å²) in [5.41, 5.74) is 2.20. The molecule has 1 aliphatic rings. The monoisotopic (exact) mass is 290 g/mol. The van der Waals surface area contributed by atoms with E-state index < -0.39 is 0 Å². The molecule has 21 heavy (non-hydrogen) atoms. The van der Waals surface area contributed by atoms with Gasteiger partial charge in [-0.25, -0.2) is 4.39 Å². The van der Waals surface area contributed by atoms with Crippen LogP contribution in [0, 0.1) is 5.82 Å². The van der Waals surface area contributed by atoms with Gasteiger partial charge in [-0.05, 0) is 63.3 Å². The Morgan fingerprint density at radius 1 is 1.29 bits per heavy atom. The van der Waals surface area contributed by atoms with Crippen molar-refractivity contribution >= 4 is 11.6 Å². The third-order valence-corrected chi connectivity index (χ3v) is 3.75. The van der Waals surface area contributed by atoms with Crippen LogP contribution in [0.4, 0.5) is 10.1 Å². The van der Waals surface area contributed by atoms with E-state index in [0.717, 1.165) is 12.1 Å². The molecule has 2 N–H and O–H groups in total. The van der Waals surface area contributed by atoms with Gasteiger partial charge in [0.2, 0.25) is 5.91 Å². The summed E-state index contributed by atoms with van der Waals surface area (Å²) in [4.78, 5) is 12.0. The van der Waals surface area contributed by atoms with Crippen molar-refractivity contribution in [3.05, 3.63) is 41.7 Å². The molecular formula is C17H23FN2O. The van der Waals surface area contributed by atoms with E-state index in [0.29, 0.717) is 6.54 Å². The van der Waals surface area contributed by atoms with Crippen molar-refractivity contribution in [2.45, 2.75) is 45.1 Å². The molecule has 1 aliphatic carbocycles. The molecule has 0 aromatic heterocycles. The van der Waals surface area contributed by atoms with E-state index in [1.807, 2.05) is 0 Å². The molecule has 1 unspecified atom stereocenters. The summed E-state index contributed by atoms with van der Waals surface area (Å²) in [5.74, 6) is -0.311. The van der Waals surface area contributed by atoms with Crippen molar-refractivity contribution < 1.29 is 9.18 Å². The number of halogens is 1. The summed E-state index contributed by atoms with van der Waals surface area (Å²) < 4.78 is 12.8. The Morgan fingerprint density at radius 2 is 2.05 bits per heavy atom. The molecule has 0 fully saturated rings. The number of hydrogen-bond acceptors (Lipinski definition) is 2. The summed E-state index contributed by atoms with van der Waals surface area (Å²) in [6.07, 6.45) is 8.13. The molecule has 0 aliphatic heterocycles. The van der Waals surface area contributed by atoms with E-state index >= 15 is 0 Å². The maximum Gasteiger partial charge on any atom is 0.242 e. The zero-order chi connectivity index (χ0) is 15.1. The summed E-state index contributed by atoms with van der Waals surface area (Å²) >= 11 is 0. The molecule has 2 rings (SSSR count). The van der Waals surface area contributed by atoms with Gasteiger partial charge in [0, 0.05) is 12.2 Å². The van der Waals surface area contributed by atoms with Crippen LogP contribution in [0.1, 0.15) is 39.0 Å². The van der Waals surface area contributed by atoms with E-state index in [1.165, 1.54) is 43.4 Å². The van der Waals surface area contributed by atoms with Crippen LogP contribution in [0.25, 0.3) is 0 Å². The second kappa shape index (κ2) is 7.81. The van der Waals surface area contributed by atoms with Crippen LogP contribution in [-0.4, -0.2) is 18.5 Å². The van der Waals surface area contributed by atoms with Crippen LogP contribution >= 0.6 is 0 Å². The molecular weight excluding hydrogens is 267 g/mol. The van der Waals surface area contributed by atoms with Crippen molar-refractivity contribution in [2.24, 2.45) is 0 Å². The fourth-order valence-corrected chi connectivity index (χ4v) is 2.49. The minimum Gasteiger partial charge on any atom is -0.374 e. The van der Waals surface area contributed by atoms with Gasteiger partial charge in [-0.1, -0.05) is 11.6 Å². The number of carbonyl (C=O) groups is 1. The van der Waals surface area contributed by atoms with Gasteiger partial charge in [0.05, 0.1) is 0 Å². The van der Waals surface area contributed by atoms with Gasteiger partial charge in [-0.2, -0.15) is 0 Å². The summed E-state index contributed by atoms with van der Waals surface area (Å²) in [6.45, 7) is 2.48. The largest absolute Gasteiger partial charge is 0.374 e. The molecule has 1 aromatic carbocycles. The number of anilines is 1. The number of hydrogen-bond donors (Lipinski definition) is 2. The third kappa shape index (κ3) is 5.21. The Balaban J connectivity index is 1.72. The number of nitrogens with one attached hydrogen (secondary N) is 2. The average Bonchev–Trinajstić information content (AvgIpc) is 2.50. The lowest BCUT2D eigenvalue weighted by molar-refractivity contribution is -0.121. The number of rotatable bonds is 6. The Labute approximate surface area is 125 Å². The zero-order valence-corrected chi connectivity index (χ0v) is 12.5. The van der Waals surface area contributed by atoms with Gasteiger partial charge in [-0.3, -0.25) is 4.79 Å². The van der Waals surface area contributed by atoms with Crippen LogP contribution in [0.5, 0.6) is 0 Å². The van der Waals surface area contributed by atoms with Gasteiger partial charge in [0.15, 0.2) is 0 Å². The molecule has 3 nitrogen and oxygen atoms in total. The standard InChI is InChI=1S/C17H23FN2O/c1-13(20-16-9-7-15(18)8-10-16)17(21)19-12-11-14-5-3-2-4-6-14/h5,7-10,13,20H,2-4,6,11-12H2,1H3,(H,19,21). The lowest BCUT2D eigenvalue weighted by Gasteiger charge is -2.16. The third-order valence-electron chi connectivity index (χ3n) is 3.75. The van der Waals surface area contributed by atoms with E-state index in [1.54, 1.807) is 19.1 Å². The molecule has 4 heteroatoms. The van der Waals surface area contributed by atoms with Gasteiger partial charge < -0.3 is 10.6 Å². The van der Waals surface area contributed by atoms with E-state index in [-0.39, 0.29) is 17.8 Å². The Hall–Kier alpha value is -1.84. The van der Waals surface area contributed by atoms with Crippen molar-refractivity contribution in [3.63, 3.8) is 0 Å². The SMILES string of the molecule is CC(Nc1ccc(F)cc1)C(=O)NCCC1=CCCCC1. The topological polar surface area (TPSA) is 41.1 Å². The minimum atomic E-state index is -0.337. The van der Waals surface area contributed by atoms with Crippen molar-refractivity contribution in [3.8, 4) is 0 Å². The van der Waals surface area contributed by atoms with Crippen LogP contribution < -0.4 is 10.6 Å². The molecule has 114 valence electrons. The summed E-state index contributed by atoms with van der Waals surface area (Å²) in [5, 5.41) is 6.01. The first-order chi connectivity index (χ1) is 10.1. The van der Waals surface area contributed by atoms with Gasteiger partial charge in [0.25, 0.3) is 0 Å². The highest BCUT2D eigenvalue weighted by molar-refractivity contribution is 5.84. The van der Waals surface area contributed by atoms with E-state index in [2.05, 4.69) is 16.7 Å². The highest BCUT2D eigenvalue weighted by Gasteiger charge is 2.12. The first-order valence-electron chi connectivity index (χ1n) is 7.63. The quantitative estimate of drug-likeness (QED) is 0.785. The second-order valence-corrected chi connectivity index (χ2v) is 5.52. The maximum atomic E-state index is 12.8.